The maximum absolute atomic E-state index is 13.2. The van der Waals surface area contributed by atoms with Crippen molar-refractivity contribution in [2.24, 2.45) is 5.92 Å². The number of ether oxygens (including phenoxy) is 4. The Morgan fingerprint density at radius 2 is 1.86 bits per heavy atom. The summed E-state index contributed by atoms with van der Waals surface area (Å²) in [4.78, 5) is 27.6. The molecular weight excluding hydrogens is 450 g/mol. The molecule has 0 radical (unpaired) electrons. The Kier molecular flexibility index (Phi) is 7.60. The molecule has 4 rings (SSSR count). The standard InChI is InChI=1S/C27H31NO7/c1-17(2)9-11-33-20-6-4-5-18(15-20)24-23(26(30)27(31)28(24)10-12-32-3)25(29)19-7-8-21-22(16-19)35-14-13-34-21/h4-8,15-17,24,29H,9-14H2,1-3H3/b25-23+. The molecule has 2 heterocycles. The van der Waals surface area contributed by atoms with Gasteiger partial charge < -0.3 is 29.0 Å². The number of aliphatic hydroxyl groups is 1. The molecule has 35 heavy (non-hydrogen) atoms. The van der Waals surface area contributed by atoms with Gasteiger partial charge in [-0.2, -0.15) is 0 Å². The number of Topliss-reactive ketones (excluding diaryl/α,β-unsaturated/α-hetero) is 1. The first-order chi connectivity index (χ1) is 16.9. The zero-order valence-electron chi connectivity index (χ0n) is 20.3. The smallest absolute Gasteiger partial charge is 0.295 e. The Morgan fingerprint density at radius 3 is 2.60 bits per heavy atom. The highest BCUT2D eigenvalue weighted by molar-refractivity contribution is 6.46. The highest BCUT2D eigenvalue weighted by Gasteiger charge is 2.46. The fourth-order valence-electron chi connectivity index (χ4n) is 4.18. The lowest BCUT2D eigenvalue weighted by molar-refractivity contribution is -0.140. The summed E-state index contributed by atoms with van der Waals surface area (Å²) < 4.78 is 22.3. The number of benzene rings is 2. The Labute approximate surface area is 205 Å². The lowest BCUT2D eigenvalue weighted by Gasteiger charge is -2.25. The third-order valence-corrected chi connectivity index (χ3v) is 6.03. The van der Waals surface area contributed by atoms with E-state index in [-0.39, 0.29) is 24.5 Å². The number of rotatable bonds is 9. The predicted octanol–water partition coefficient (Wildman–Crippen LogP) is 3.95. The van der Waals surface area contributed by atoms with Crippen molar-refractivity contribution in [2.75, 3.05) is 40.1 Å². The second kappa shape index (κ2) is 10.8. The molecule has 2 aliphatic rings. The van der Waals surface area contributed by atoms with Crippen molar-refractivity contribution >= 4 is 17.4 Å². The number of likely N-dealkylation sites (tertiary alicyclic amines) is 1. The number of nitrogens with zero attached hydrogens (tertiary/aromatic N) is 1. The lowest BCUT2D eigenvalue weighted by Crippen LogP contribution is -2.32. The van der Waals surface area contributed by atoms with Gasteiger partial charge in [0.25, 0.3) is 11.7 Å². The number of hydrogen-bond acceptors (Lipinski definition) is 7. The van der Waals surface area contributed by atoms with Crippen LogP contribution in [-0.4, -0.2) is 61.8 Å². The topological polar surface area (TPSA) is 94.5 Å². The zero-order valence-corrected chi connectivity index (χ0v) is 20.3. The van der Waals surface area contributed by atoms with Crippen LogP contribution in [-0.2, 0) is 14.3 Å². The molecule has 2 aromatic rings. The molecule has 186 valence electrons. The fourth-order valence-corrected chi connectivity index (χ4v) is 4.18. The van der Waals surface area contributed by atoms with Gasteiger partial charge in [0.15, 0.2) is 11.5 Å². The van der Waals surface area contributed by atoms with E-state index in [4.69, 9.17) is 18.9 Å². The van der Waals surface area contributed by atoms with Crippen molar-refractivity contribution < 1.29 is 33.6 Å². The molecule has 2 aliphatic heterocycles. The Morgan fingerprint density at radius 1 is 1.09 bits per heavy atom. The monoisotopic (exact) mass is 481 g/mol. The van der Waals surface area contributed by atoms with Crippen molar-refractivity contribution in [3.63, 3.8) is 0 Å². The summed E-state index contributed by atoms with van der Waals surface area (Å²) in [6.45, 7) is 6.09. The van der Waals surface area contributed by atoms with Gasteiger partial charge in [-0.25, -0.2) is 0 Å². The van der Waals surface area contributed by atoms with Crippen molar-refractivity contribution in [1.29, 1.82) is 0 Å². The van der Waals surface area contributed by atoms with Crippen LogP contribution in [0.15, 0.2) is 48.0 Å². The van der Waals surface area contributed by atoms with E-state index in [1.54, 1.807) is 18.2 Å². The van der Waals surface area contributed by atoms with Gasteiger partial charge in [-0.1, -0.05) is 26.0 Å². The number of methoxy groups -OCH3 is 1. The highest BCUT2D eigenvalue weighted by atomic mass is 16.6. The number of hydrogen-bond donors (Lipinski definition) is 1. The Balaban J connectivity index is 1.75. The van der Waals surface area contributed by atoms with E-state index in [0.717, 1.165) is 6.42 Å². The van der Waals surface area contributed by atoms with Gasteiger partial charge in [0.1, 0.15) is 24.7 Å². The molecule has 1 N–H and O–H groups in total. The van der Waals surface area contributed by atoms with Gasteiger partial charge in [0, 0.05) is 19.2 Å². The minimum atomic E-state index is -0.785. The normalized spacial score (nSPS) is 18.9. The van der Waals surface area contributed by atoms with E-state index >= 15 is 0 Å². The van der Waals surface area contributed by atoms with Crippen LogP contribution < -0.4 is 14.2 Å². The van der Waals surface area contributed by atoms with Crippen molar-refractivity contribution in [3.05, 3.63) is 59.2 Å². The summed E-state index contributed by atoms with van der Waals surface area (Å²) in [5.74, 6) is 0.491. The van der Waals surface area contributed by atoms with E-state index in [0.29, 0.717) is 54.1 Å². The molecule has 0 aromatic heterocycles. The first-order valence-corrected chi connectivity index (χ1v) is 11.8. The Hall–Kier alpha value is -3.52. The minimum absolute atomic E-state index is 0.0158. The largest absolute Gasteiger partial charge is 0.507 e. The molecule has 1 unspecified atom stereocenters. The quantitative estimate of drug-likeness (QED) is 0.329. The molecule has 8 heteroatoms. The van der Waals surface area contributed by atoms with E-state index in [1.165, 1.54) is 12.0 Å². The van der Waals surface area contributed by atoms with E-state index in [1.807, 2.05) is 24.3 Å². The van der Waals surface area contributed by atoms with E-state index in [2.05, 4.69) is 13.8 Å². The van der Waals surface area contributed by atoms with Gasteiger partial charge in [-0.15, -0.1) is 0 Å². The first-order valence-electron chi connectivity index (χ1n) is 11.8. The van der Waals surface area contributed by atoms with Crippen LogP contribution in [0.1, 0.15) is 37.4 Å². The van der Waals surface area contributed by atoms with Crippen LogP contribution in [0.5, 0.6) is 17.2 Å². The van der Waals surface area contributed by atoms with Gasteiger partial charge >= 0.3 is 0 Å². The van der Waals surface area contributed by atoms with Crippen LogP contribution in [0.3, 0.4) is 0 Å². The molecule has 2 aromatic carbocycles. The number of ketones is 1. The zero-order chi connectivity index (χ0) is 24.9. The van der Waals surface area contributed by atoms with Gasteiger partial charge in [-0.05, 0) is 48.2 Å². The van der Waals surface area contributed by atoms with Crippen LogP contribution in [0.25, 0.3) is 5.76 Å². The van der Waals surface area contributed by atoms with Gasteiger partial charge in [-0.3, -0.25) is 9.59 Å². The maximum atomic E-state index is 13.2. The van der Waals surface area contributed by atoms with Gasteiger partial charge in [0.05, 0.1) is 24.8 Å². The predicted molar refractivity (Wildman–Crippen MR) is 130 cm³/mol. The lowest BCUT2D eigenvalue weighted by atomic mass is 9.95. The molecule has 1 saturated heterocycles. The SMILES string of the molecule is COCCN1C(=O)C(=O)/C(=C(/O)c2ccc3c(c2)OCCO3)C1c1cccc(OCCC(C)C)c1. The van der Waals surface area contributed by atoms with Crippen molar-refractivity contribution in [2.45, 2.75) is 26.3 Å². The second-order valence-corrected chi connectivity index (χ2v) is 8.95. The van der Waals surface area contributed by atoms with Crippen LogP contribution in [0.2, 0.25) is 0 Å². The van der Waals surface area contributed by atoms with Gasteiger partial charge in [0.2, 0.25) is 0 Å². The second-order valence-electron chi connectivity index (χ2n) is 8.95. The summed E-state index contributed by atoms with van der Waals surface area (Å²) >= 11 is 0. The number of carbonyl (C=O) groups is 2. The molecule has 0 spiro atoms. The number of amides is 1. The average Bonchev–Trinajstić information content (AvgIpc) is 3.11. The summed E-state index contributed by atoms with van der Waals surface area (Å²) in [5, 5.41) is 11.3. The molecule has 0 aliphatic carbocycles. The van der Waals surface area contributed by atoms with Crippen molar-refractivity contribution in [3.8, 4) is 17.2 Å². The average molecular weight is 482 g/mol. The summed E-state index contributed by atoms with van der Waals surface area (Å²) in [6, 6.07) is 11.5. The number of aliphatic hydroxyl groups excluding tert-OH is 1. The van der Waals surface area contributed by atoms with Crippen LogP contribution in [0.4, 0.5) is 0 Å². The van der Waals surface area contributed by atoms with E-state index < -0.39 is 17.7 Å². The summed E-state index contributed by atoms with van der Waals surface area (Å²) in [5.41, 5.74) is 1.05. The highest BCUT2D eigenvalue weighted by Crippen LogP contribution is 2.41. The maximum Gasteiger partial charge on any atom is 0.295 e. The van der Waals surface area contributed by atoms with Crippen molar-refractivity contribution in [1.82, 2.24) is 4.90 Å². The summed E-state index contributed by atoms with van der Waals surface area (Å²) in [6.07, 6.45) is 0.903. The summed E-state index contributed by atoms with van der Waals surface area (Å²) in [7, 11) is 1.53. The molecule has 1 amide bonds. The molecule has 8 nitrogen and oxygen atoms in total. The molecule has 0 bridgehead atoms. The molecule has 1 atom stereocenters. The molecule has 0 saturated carbocycles. The molecular formula is C27H31NO7. The third kappa shape index (κ3) is 5.27. The van der Waals surface area contributed by atoms with E-state index in [9.17, 15) is 14.7 Å². The van der Waals surface area contributed by atoms with Crippen LogP contribution >= 0.6 is 0 Å². The van der Waals surface area contributed by atoms with Crippen LogP contribution in [0, 0.1) is 5.92 Å². The molecule has 1 fully saturated rings. The Bertz CT molecular complexity index is 1120. The third-order valence-electron chi connectivity index (χ3n) is 6.03. The number of carbonyl (C=O) groups excluding carboxylic acids is 2. The fraction of sp³-hybridized carbons (Fsp3) is 0.407. The first kappa shape index (κ1) is 24.6. The number of fused-ring (bicyclic) bond motifs is 1. The minimum Gasteiger partial charge on any atom is -0.507 e.